The summed E-state index contributed by atoms with van der Waals surface area (Å²) in [6.45, 7) is 1.76. The van der Waals surface area contributed by atoms with Gasteiger partial charge in [0.2, 0.25) is 0 Å². The zero-order valence-electron chi connectivity index (χ0n) is 7.78. The third kappa shape index (κ3) is 1.40. The zero-order chi connectivity index (χ0) is 9.97. The first-order valence-electron chi connectivity index (χ1n) is 4.33. The molecule has 0 aliphatic heterocycles. The van der Waals surface area contributed by atoms with Crippen molar-refractivity contribution in [2.75, 3.05) is 0 Å². The van der Waals surface area contributed by atoms with Crippen LogP contribution in [0.15, 0.2) is 30.3 Å². The SMILES string of the molecule is CC#Cc1ccc2cccc(O)c2n1. The number of phenols is 1. The summed E-state index contributed by atoms with van der Waals surface area (Å²) in [5, 5.41) is 10.5. The Labute approximate surface area is 82.2 Å². The van der Waals surface area contributed by atoms with Crippen LogP contribution in [0.25, 0.3) is 10.9 Å². The molecule has 0 aliphatic carbocycles. The number of benzene rings is 1. The van der Waals surface area contributed by atoms with Gasteiger partial charge in [-0.05, 0) is 31.0 Å². The molecule has 2 nitrogen and oxygen atoms in total. The molecule has 0 amide bonds. The molecule has 1 aromatic heterocycles. The summed E-state index contributed by atoms with van der Waals surface area (Å²) in [6.07, 6.45) is 0. The summed E-state index contributed by atoms with van der Waals surface area (Å²) in [5.41, 5.74) is 1.29. The molecular formula is C12H9NO. The standard InChI is InChI=1S/C12H9NO/c1-2-4-10-8-7-9-5-3-6-11(14)12(9)13-10/h3,5-8,14H,1H3. The van der Waals surface area contributed by atoms with Crippen molar-refractivity contribution in [2.24, 2.45) is 0 Å². The van der Waals surface area contributed by atoms with Crippen LogP contribution in [0.1, 0.15) is 12.6 Å². The van der Waals surface area contributed by atoms with E-state index >= 15 is 0 Å². The third-order valence-electron chi connectivity index (χ3n) is 1.95. The van der Waals surface area contributed by atoms with E-state index in [-0.39, 0.29) is 5.75 Å². The van der Waals surface area contributed by atoms with Crippen molar-refractivity contribution in [2.45, 2.75) is 6.92 Å². The van der Waals surface area contributed by atoms with Crippen molar-refractivity contribution in [1.29, 1.82) is 0 Å². The Morgan fingerprint density at radius 1 is 1.21 bits per heavy atom. The first-order valence-corrected chi connectivity index (χ1v) is 4.33. The lowest BCUT2D eigenvalue weighted by Crippen LogP contribution is -1.84. The quantitative estimate of drug-likeness (QED) is 0.636. The van der Waals surface area contributed by atoms with Gasteiger partial charge in [0, 0.05) is 5.39 Å². The van der Waals surface area contributed by atoms with Gasteiger partial charge < -0.3 is 5.11 Å². The number of hydrogen-bond donors (Lipinski definition) is 1. The summed E-state index contributed by atoms with van der Waals surface area (Å²) < 4.78 is 0. The first kappa shape index (κ1) is 8.58. The minimum absolute atomic E-state index is 0.197. The van der Waals surface area contributed by atoms with E-state index in [2.05, 4.69) is 16.8 Å². The van der Waals surface area contributed by atoms with Crippen molar-refractivity contribution >= 4 is 10.9 Å². The summed E-state index contributed by atoms with van der Waals surface area (Å²) in [6, 6.07) is 9.08. The molecule has 1 aromatic carbocycles. The molecule has 2 rings (SSSR count). The number of fused-ring (bicyclic) bond motifs is 1. The molecule has 0 unspecified atom stereocenters. The lowest BCUT2D eigenvalue weighted by atomic mass is 10.2. The molecule has 14 heavy (non-hydrogen) atoms. The predicted octanol–water partition coefficient (Wildman–Crippen LogP) is 2.31. The van der Waals surface area contributed by atoms with Gasteiger partial charge in [-0.2, -0.15) is 0 Å². The number of aromatic nitrogens is 1. The fourth-order valence-corrected chi connectivity index (χ4v) is 1.33. The molecule has 0 saturated heterocycles. The molecule has 0 spiro atoms. The van der Waals surface area contributed by atoms with Gasteiger partial charge in [0.1, 0.15) is 17.0 Å². The highest BCUT2D eigenvalue weighted by atomic mass is 16.3. The highest BCUT2D eigenvalue weighted by Crippen LogP contribution is 2.21. The smallest absolute Gasteiger partial charge is 0.141 e. The van der Waals surface area contributed by atoms with Crippen molar-refractivity contribution in [1.82, 2.24) is 4.98 Å². The molecule has 0 saturated carbocycles. The monoisotopic (exact) mass is 183 g/mol. The Morgan fingerprint density at radius 3 is 2.86 bits per heavy atom. The van der Waals surface area contributed by atoms with Crippen LogP contribution in [0.5, 0.6) is 5.75 Å². The molecule has 0 bridgehead atoms. The van der Waals surface area contributed by atoms with Gasteiger partial charge in [-0.25, -0.2) is 4.98 Å². The van der Waals surface area contributed by atoms with Gasteiger partial charge in [-0.3, -0.25) is 0 Å². The normalized spacial score (nSPS) is 9.50. The summed E-state index contributed by atoms with van der Waals surface area (Å²) >= 11 is 0. The van der Waals surface area contributed by atoms with E-state index in [0.717, 1.165) is 5.39 Å². The molecule has 1 heterocycles. The molecule has 1 N–H and O–H groups in total. The third-order valence-corrected chi connectivity index (χ3v) is 1.95. The maximum Gasteiger partial charge on any atom is 0.141 e. The van der Waals surface area contributed by atoms with Gasteiger partial charge in [0.25, 0.3) is 0 Å². The Balaban J connectivity index is 2.73. The highest BCUT2D eigenvalue weighted by molar-refractivity contribution is 5.84. The molecule has 2 aromatic rings. The van der Waals surface area contributed by atoms with Crippen LogP contribution in [0, 0.1) is 11.8 Å². The molecular weight excluding hydrogens is 174 g/mol. The second kappa shape index (κ2) is 3.39. The number of rotatable bonds is 0. The van der Waals surface area contributed by atoms with Gasteiger partial charge >= 0.3 is 0 Å². The molecule has 2 heteroatoms. The molecule has 68 valence electrons. The fourth-order valence-electron chi connectivity index (χ4n) is 1.33. The van der Waals surface area contributed by atoms with E-state index in [4.69, 9.17) is 0 Å². The van der Waals surface area contributed by atoms with Gasteiger partial charge in [0.15, 0.2) is 0 Å². The van der Waals surface area contributed by atoms with E-state index in [0.29, 0.717) is 11.2 Å². The number of nitrogens with zero attached hydrogens (tertiary/aromatic N) is 1. The second-order valence-electron chi connectivity index (χ2n) is 2.92. The van der Waals surface area contributed by atoms with E-state index in [1.807, 2.05) is 18.2 Å². The van der Waals surface area contributed by atoms with Crippen LogP contribution in [0.2, 0.25) is 0 Å². The lowest BCUT2D eigenvalue weighted by molar-refractivity contribution is 0.480. The second-order valence-corrected chi connectivity index (χ2v) is 2.92. The number of para-hydroxylation sites is 1. The summed E-state index contributed by atoms with van der Waals surface area (Å²) in [7, 11) is 0. The van der Waals surface area contributed by atoms with Crippen molar-refractivity contribution in [3.05, 3.63) is 36.0 Å². The van der Waals surface area contributed by atoms with Crippen molar-refractivity contribution < 1.29 is 5.11 Å². The Hall–Kier alpha value is -2.01. The van der Waals surface area contributed by atoms with Crippen LogP contribution in [0.3, 0.4) is 0 Å². The Morgan fingerprint density at radius 2 is 2.07 bits per heavy atom. The van der Waals surface area contributed by atoms with Crippen molar-refractivity contribution in [3.8, 4) is 17.6 Å². The minimum atomic E-state index is 0.197. The van der Waals surface area contributed by atoms with Gasteiger partial charge in [-0.1, -0.05) is 18.1 Å². The molecule has 0 aliphatic rings. The Bertz CT molecular complexity index is 535. The van der Waals surface area contributed by atoms with E-state index in [1.165, 1.54) is 0 Å². The maximum absolute atomic E-state index is 9.55. The average Bonchev–Trinajstić information content (AvgIpc) is 2.20. The Kier molecular flexibility index (Phi) is 2.08. The van der Waals surface area contributed by atoms with E-state index in [1.54, 1.807) is 19.1 Å². The maximum atomic E-state index is 9.55. The van der Waals surface area contributed by atoms with E-state index in [9.17, 15) is 5.11 Å². The minimum Gasteiger partial charge on any atom is -0.506 e. The van der Waals surface area contributed by atoms with Crippen LogP contribution in [-0.4, -0.2) is 10.1 Å². The molecule has 0 fully saturated rings. The fraction of sp³-hybridized carbons (Fsp3) is 0.0833. The summed E-state index contributed by atoms with van der Waals surface area (Å²) in [4.78, 5) is 4.24. The van der Waals surface area contributed by atoms with Gasteiger partial charge in [0.05, 0.1) is 0 Å². The predicted molar refractivity (Wildman–Crippen MR) is 56.0 cm³/mol. The highest BCUT2D eigenvalue weighted by Gasteiger charge is 2.00. The first-order chi connectivity index (χ1) is 6.81. The van der Waals surface area contributed by atoms with Crippen LogP contribution < -0.4 is 0 Å². The van der Waals surface area contributed by atoms with Crippen LogP contribution >= 0.6 is 0 Å². The number of hydrogen-bond acceptors (Lipinski definition) is 2. The topological polar surface area (TPSA) is 33.1 Å². The van der Waals surface area contributed by atoms with Gasteiger partial charge in [-0.15, -0.1) is 0 Å². The van der Waals surface area contributed by atoms with Crippen molar-refractivity contribution in [3.63, 3.8) is 0 Å². The number of pyridine rings is 1. The molecule has 0 atom stereocenters. The van der Waals surface area contributed by atoms with Crippen LogP contribution in [0.4, 0.5) is 0 Å². The van der Waals surface area contributed by atoms with Crippen LogP contribution in [-0.2, 0) is 0 Å². The number of aromatic hydroxyl groups is 1. The average molecular weight is 183 g/mol. The molecule has 0 radical (unpaired) electrons. The number of phenolic OH excluding ortho intramolecular Hbond substituents is 1. The lowest BCUT2D eigenvalue weighted by Gasteiger charge is -1.99. The largest absolute Gasteiger partial charge is 0.506 e. The zero-order valence-corrected chi connectivity index (χ0v) is 7.78. The summed E-state index contributed by atoms with van der Waals surface area (Å²) in [5.74, 6) is 5.83. The van der Waals surface area contributed by atoms with E-state index < -0.39 is 0 Å².